The van der Waals surface area contributed by atoms with Gasteiger partial charge in [-0.05, 0) is 63.4 Å². The molecule has 0 radical (unpaired) electrons. The fourth-order valence-corrected chi connectivity index (χ4v) is 4.04. The first kappa shape index (κ1) is 19.4. The summed E-state index contributed by atoms with van der Waals surface area (Å²) >= 11 is 0. The second-order valence-corrected chi connectivity index (χ2v) is 7.65. The molecule has 3 rings (SSSR count). The van der Waals surface area contributed by atoms with E-state index in [4.69, 9.17) is 4.74 Å². The van der Waals surface area contributed by atoms with Crippen LogP contribution >= 0.6 is 0 Å². The van der Waals surface area contributed by atoms with Gasteiger partial charge in [0.15, 0.2) is 0 Å². The Labute approximate surface area is 161 Å². The molecular weight excluding hydrogens is 342 g/mol. The average Bonchev–Trinajstić information content (AvgIpc) is 2.91. The number of ether oxygens (including phenoxy) is 1. The topological polar surface area (TPSA) is 70.7 Å². The van der Waals surface area contributed by atoms with Gasteiger partial charge in [-0.3, -0.25) is 9.69 Å². The maximum absolute atomic E-state index is 13.5. The maximum atomic E-state index is 13.5. The van der Waals surface area contributed by atoms with Crippen molar-refractivity contribution in [2.75, 3.05) is 26.7 Å². The van der Waals surface area contributed by atoms with Crippen molar-refractivity contribution in [1.29, 1.82) is 0 Å². The molecule has 2 saturated heterocycles. The third-order valence-corrected chi connectivity index (χ3v) is 5.54. The van der Waals surface area contributed by atoms with Crippen LogP contribution in [0.4, 0.5) is 4.79 Å². The zero-order valence-electron chi connectivity index (χ0n) is 16.4. The summed E-state index contributed by atoms with van der Waals surface area (Å²) in [5.74, 6) is 0.754. The number of hydrogen-bond donors (Lipinski definition) is 2. The highest BCUT2D eigenvalue weighted by Crippen LogP contribution is 2.35. The number of hydrogen-bond acceptors (Lipinski definition) is 4. The molecule has 0 aromatic heterocycles. The molecule has 3 amide bonds. The summed E-state index contributed by atoms with van der Waals surface area (Å²) in [6.45, 7) is 5.98. The summed E-state index contributed by atoms with van der Waals surface area (Å²) in [7, 11) is 1.63. The van der Waals surface area contributed by atoms with Gasteiger partial charge >= 0.3 is 6.03 Å². The third-order valence-electron chi connectivity index (χ3n) is 5.54. The van der Waals surface area contributed by atoms with Crippen LogP contribution in [-0.2, 0) is 11.2 Å². The Bertz CT molecular complexity index is 736. The van der Waals surface area contributed by atoms with Crippen LogP contribution in [0.2, 0.25) is 0 Å². The predicted octanol–water partition coefficient (Wildman–Crippen LogP) is 2.49. The van der Waals surface area contributed by atoms with E-state index >= 15 is 0 Å². The largest absolute Gasteiger partial charge is 0.497 e. The second-order valence-electron chi connectivity index (χ2n) is 7.65. The van der Waals surface area contributed by atoms with Gasteiger partial charge in [0, 0.05) is 13.0 Å². The number of rotatable bonds is 6. The van der Waals surface area contributed by atoms with Gasteiger partial charge in [0.05, 0.1) is 7.11 Å². The molecule has 2 fully saturated rings. The Morgan fingerprint density at radius 2 is 2.04 bits per heavy atom. The van der Waals surface area contributed by atoms with E-state index in [2.05, 4.69) is 10.6 Å². The van der Waals surface area contributed by atoms with E-state index < -0.39 is 5.54 Å². The normalized spacial score (nSPS) is 23.3. The van der Waals surface area contributed by atoms with E-state index in [-0.39, 0.29) is 17.9 Å². The molecule has 2 N–H and O–H groups in total. The minimum atomic E-state index is -0.888. The Morgan fingerprint density at radius 3 is 2.70 bits per heavy atom. The summed E-state index contributed by atoms with van der Waals surface area (Å²) in [6, 6.07) is 7.45. The SMILES string of the molecule is COc1cccc(C[C@]2(C3CCNCC3)NC(=O)N(CC=C(C)C)C2=O)c1. The van der Waals surface area contributed by atoms with Crippen molar-refractivity contribution in [2.24, 2.45) is 5.92 Å². The highest BCUT2D eigenvalue weighted by Gasteiger charge is 2.55. The molecule has 1 atom stereocenters. The molecule has 0 unspecified atom stereocenters. The number of benzene rings is 1. The highest BCUT2D eigenvalue weighted by atomic mass is 16.5. The number of methoxy groups -OCH3 is 1. The Kier molecular flexibility index (Phi) is 5.85. The van der Waals surface area contributed by atoms with Crippen LogP contribution in [0, 0.1) is 5.92 Å². The highest BCUT2D eigenvalue weighted by molar-refractivity contribution is 6.07. The first-order chi connectivity index (χ1) is 13.0. The summed E-state index contributed by atoms with van der Waals surface area (Å²) in [4.78, 5) is 27.5. The first-order valence-corrected chi connectivity index (χ1v) is 9.57. The molecule has 6 heteroatoms. The Balaban J connectivity index is 1.94. The van der Waals surface area contributed by atoms with Crippen molar-refractivity contribution in [2.45, 2.75) is 38.6 Å². The molecule has 1 aromatic rings. The monoisotopic (exact) mass is 371 g/mol. The van der Waals surface area contributed by atoms with Crippen LogP contribution in [0.3, 0.4) is 0 Å². The molecule has 2 aliphatic rings. The molecule has 1 aromatic carbocycles. The molecule has 6 nitrogen and oxygen atoms in total. The van der Waals surface area contributed by atoms with Gasteiger partial charge in [-0.1, -0.05) is 23.8 Å². The minimum Gasteiger partial charge on any atom is -0.497 e. The van der Waals surface area contributed by atoms with Crippen molar-refractivity contribution in [3.05, 3.63) is 41.5 Å². The fourth-order valence-electron chi connectivity index (χ4n) is 4.04. The summed E-state index contributed by atoms with van der Waals surface area (Å²) < 4.78 is 5.33. The van der Waals surface area contributed by atoms with Crippen LogP contribution in [0.1, 0.15) is 32.3 Å². The van der Waals surface area contributed by atoms with E-state index in [1.165, 1.54) is 4.90 Å². The Morgan fingerprint density at radius 1 is 1.30 bits per heavy atom. The minimum absolute atomic E-state index is 0.109. The molecule has 0 spiro atoms. The summed E-state index contributed by atoms with van der Waals surface area (Å²) in [6.07, 6.45) is 4.13. The molecule has 0 bridgehead atoms. The van der Waals surface area contributed by atoms with Crippen LogP contribution in [0.15, 0.2) is 35.9 Å². The number of amides is 3. The third kappa shape index (κ3) is 4.00. The number of imide groups is 1. The number of carbonyl (C=O) groups is 2. The molecule has 0 saturated carbocycles. The van der Waals surface area contributed by atoms with Crippen molar-refractivity contribution >= 4 is 11.9 Å². The standard InChI is InChI=1S/C21H29N3O3/c1-15(2)9-12-24-19(25)21(23-20(24)26,17-7-10-22-11-8-17)14-16-5-4-6-18(13-16)27-3/h4-6,9,13,17,22H,7-8,10-12,14H2,1-3H3,(H,23,26)/t21-/m1/s1. The zero-order chi connectivity index (χ0) is 19.4. The van der Waals surface area contributed by atoms with Crippen LogP contribution in [0.5, 0.6) is 5.75 Å². The number of allylic oxidation sites excluding steroid dienone is 1. The van der Waals surface area contributed by atoms with Gasteiger partial charge in [0.1, 0.15) is 11.3 Å². The van der Waals surface area contributed by atoms with E-state index in [1.807, 2.05) is 44.2 Å². The van der Waals surface area contributed by atoms with E-state index in [0.29, 0.717) is 13.0 Å². The summed E-state index contributed by atoms with van der Waals surface area (Å²) in [5.41, 5.74) is 1.19. The molecule has 27 heavy (non-hydrogen) atoms. The van der Waals surface area contributed by atoms with Crippen LogP contribution in [-0.4, -0.2) is 49.1 Å². The van der Waals surface area contributed by atoms with Gasteiger partial charge in [0.2, 0.25) is 0 Å². The van der Waals surface area contributed by atoms with E-state index in [9.17, 15) is 9.59 Å². The zero-order valence-corrected chi connectivity index (χ0v) is 16.4. The van der Waals surface area contributed by atoms with Gasteiger partial charge in [-0.25, -0.2) is 4.79 Å². The number of nitrogens with zero attached hydrogens (tertiary/aromatic N) is 1. The maximum Gasteiger partial charge on any atom is 0.325 e. The molecule has 0 aliphatic carbocycles. The van der Waals surface area contributed by atoms with E-state index in [1.54, 1.807) is 7.11 Å². The van der Waals surface area contributed by atoms with Gasteiger partial charge in [0.25, 0.3) is 5.91 Å². The number of urea groups is 1. The quantitative estimate of drug-likeness (QED) is 0.595. The lowest BCUT2D eigenvalue weighted by Crippen LogP contribution is -2.57. The van der Waals surface area contributed by atoms with Crippen LogP contribution in [0.25, 0.3) is 0 Å². The van der Waals surface area contributed by atoms with Crippen LogP contribution < -0.4 is 15.4 Å². The number of carbonyl (C=O) groups excluding carboxylic acids is 2. The lowest BCUT2D eigenvalue weighted by atomic mass is 9.74. The molecule has 146 valence electrons. The van der Waals surface area contributed by atoms with Crippen molar-refractivity contribution < 1.29 is 14.3 Å². The molecule has 2 aliphatic heterocycles. The van der Waals surface area contributed by atoms with Gasteiger partial charge in [-0.2, -0.15) is 0 Å². The van der Waals surface area contributed by atoms with E-state index in [0.717, 1.165) is 42.8 Å². The van der Waals surface area contributed by atoms with Gasteiger partial charge < -0.3 is 15.4 Å². The average molecular weight is 371 g/mol. The molecule has 2 heterocycles. The summed E-state index contributed by atoms with van der Waals surface area (Å²) in [5, 5.41) is 6.43. The van der Waals surface area contributed by atoms with Gasteiger partial charge in [-0.15, -0.1) is 0 Å². The molecular formula is C21H29N3O3. The second kappa shape index (κ2) is 8.13. The van der Waals surface area contributed by atoms with Crippen molar-refractivity contribution in [1.82, 2.24) is 15.5 Å². The van der Waals surface area contributed by atoms with Crippen molar-refractivity contribution in [3.8, 4) is 5.75 Å². The smallest absolute Gasteiger partial charge is 0.325 e. The fraction of sp³-hybridized carbons (Fsp3) is 0.524. The lowest BCUT2D eigenvalue weighted by molar-refractivity contribution is -0.133. The predicted molar refractivity (Wildman–Crippen MR) is 105 cm³/mol. The Hall–Kier alpha value is -2.34. The number of piperidine rings is 1. The lowest BCUT2D eigenvalue weighted by Gasteiger charge is -2.38. The first-order valence-electron chi connectivity index (χ1n) is 9.57. The number of nitrogens with one attached hydrogen (secondary N) is 2. The van der Waals surface area contributed by atoms with Crippen molar-refractivity contribution in [3.63, 3.8) is 0 Å².